The maximum atomic E-state index is 11.8. The van der Waals surface area contributed by atoms with Gasteiger partial charge in [-0.1, -0.05) is 6.92 Å². The van der Waals surface area contributed by atoms with Crippen LogP contribution in [0.5, 0.6) is 17.2 Å². The van der Waals surface area contributed by atoms with Crippen LogP contribution in [-0.4, -0.2) is 67.4 Å². The van der Waals surface area contributed by atoms with Crippen LogP contribution < -0.4 is 24.8 Å². The molecule has 0 aromatic heterocycles. The number of aromatic carboxylic acids is 1. The first-order valence-corrected chi connectivity index (χ1v) is 11.4. The van der Waals surface area contributed by atoms with E-state index in [1.54, 1.807) is 41.5 Å². The van der Waals surface area contributed by atoms with Gasteiger partial charge in [-0.3, -0.25) is 0 Å². The smallest absolute Gasteiger partial charge is 0.407 e. The molecule has 3 N–H and O–H groups in total. The Morgan fingerprint density at radius 1 is 0.771 bits per heavy atom. The number of hydrogen-bond acceptors (Lipinski definition) is 8. The second-order valence-electron chi connectivity index (χ2n) is 9.51. The zero-order chi connectivity index (χ0) is 26.6. The molecule has 11 nitrogen and oxygen atoms in total. The topological polar surface area (TPSA) is 142 Å². The van der Waals surface area contributed by atoms with Gasteiger partial charge in [-0.25, -0.2) is 14.4 Å². The summed E-state index contributed by atoms with van der Waals surface area (Å²) in [6.45, 7) is 13.1. The fraction of sp³-hybridized carbons (Fsp3) is 0.625. The maximum absolute atomic E-state index is 11.8. The van der Waals surface area contributed by atoms with Crippen molar-refractivity contribution in [1.29, 1.82) is 0 Å². The van der Waals surface area contributed by atoms with Gasteiger partial charge in [-0.2, -0.15) is 0 Å². The number of ether oxygens (including phenoxy) is 5. The van der Waals surface area contributed by atoms with Crippen LogP contribution >= 0.6 is 0 Å². The van der Waals surface area contributed by atoms with E-state index in [9.17, 15) is 19.5 Å². The molecule has 198 valence electrons. The zero-order valence-corrected chi connectivity index (χ0v) is 21.6. The molecule has 0 atom stereocenters. The summed E-state index contributed by atoms with van der Waals surface area (Å²) in [4.78, 5) is 35.2. The maximum Gasteiger partial charge on any atom is 0.407 e. The lowest BCUT2D eigenvalue weighted by molar-refractivity contribution is 0.0509. The Hall–Kier alpha value is -3.37. The van der Waals surface area contributed by atoms with Gasteiger partial charge in [0, 0.05) is 0 Å². The van der Waals surface area contributed by atoms with E-state index in [0.29, 0.717) is 13.0 Å². The van der Waals surface area contributed by atoms with Crippen molar-refractivity contribution in [1.82, 2.24) is 10.6 Å². The number of nitrogens with one attached hydrogen (secondary N) is 2. The van der Waals surface area contributed by atoms with E-state index in [4.69, 9.17) is 23.7 Å². The second-order valence-corrected chi connectivity index (χ2v) is 9.51. The lowest BCUT2D eigenvalue weighted by atomic mass is 10.2. The van der Waals surface area contributed by atoms with Crippen molar-refractivity contribution in [2.24, 2.45) is 0 Å². The number of carbonyl (C=O) groups excluding carboxylic acids is 2. The minimum Gasteiger partial charge on any atom is -0.488 e. The number of benzene rings is 1. The molecule has 0 aliphatic rings. The molecule has 0 heterocycles. The SMILES string of the molecule is CCCOc1c(OCCNC(=O)OC(C)(C)C)cc(C(=O)O)cc1OCCNC(=O)OC(C)(C)C. The molecule has 0 radical (unpaired) electrons. The van der Waals surface area contributed by atoms with E-state index in [1.165, 1.54) is 12.1 Å². The number of hydrogen-bond donors (Lipinski definition) is 3. The molecule has 1 aromatic carbocycles. The van der Waals surface area contributed by atoms with Gasteiger partial charge in [0.2, 0.25) is 5.75 Å². The summed E-state index contributed by atoms with van der Waals surface area (Å²) in [5, 5.41) is 14.6. The van der Waals surface area contributed by atoms with Gasteiger partial charge < -0.3 is 39.4 Å². The van der Waals surface area contributed by atoms with E-state index in [0.717, 1.165) is 0 Å². The molecule has 0 aliphatic carbocycles. The highest BCUT2D eigenvalue weighted by molar-refractivity contribution is 5.89. The number of rotatable bonds is 12. The normalized spacial score (nSPS) is 11.3. The van der Waals surface area contributed by atoms with Crippen LogP contribution in [0.15, 0.2) is 12.1 Å². The van der Waals surface area contributed by atoms with Gasteiger partial charge in [-0.05, 0) is 60.1 Å². The minimum atomic E-state index is -1.18. The van der Waals surface area contributed by atoms with E-state index in [1.807, 2.05) is 6.92 Å². The lowest BCUT2D eigenvalue weighted by Gasteiger charge is -2.21. The minimum absolute atomic E-state index is 0.0322. The molecule has 1 aromatic rings. The first-order chi connectivity index (χ1) is 16.2. The highest BCUT2D eigenvalue weighted by Gasteiger charge is 2.20. The third-order valence-electron chi connectivity index (χ3n) is 3.77. The summed E-state index contributed by atoms with van der Waals surface area (Å²) >= 11 is 0. The summed E-state index contributed by atoms with van der Waals surface area (Å²) < 4.78 is 27.5. The zero-order valence-electron chi connectivity index (χ0n) is 21.6. The van der Waals surface area contributed by atoms with Crippen LogP contribution in [-0.2, 0) is 9.47 Å². The Kier molecular flexibility index (Phi) is 11.4. The summed E-state index contributed by atoms with van der Waals surface area (Å²) in [6.07, 6.45) is -0.492. The van der Waals surface area contributed by atoms with Gasteiger partial charge in [0.15, 0.2) is 11.5 Å². The predicted molar refractivity (Wildman–Crippen MR) is 129 cm³/mol. The summed E-state index contributed by atoms with van der Waals surface area (Å²) in [5.41, 5.74) is -1.34. The van der Waals surface area contributed by atoms with Crippen molar-refractivity contribution in [2.45, 2.75) is 66.1 Å². The highest BCUT2D eigenvalue weighted by Crippen LogP contribution is 2.39. The molecule has 2 amide bonds. The number of carboxylic acid groups (broad SMARTS) is 1. The Balaban J connectivity index is 2.89. The molecule has 0 fully saturated rings. The molecule has 1 rings (SSSR count). The van der Waals surface area contributed by atoms with Gasteiger partial charge in [0.25, 0.3) is 0 Å². The molecule has 0 spiro atoms. The van der Waals surface area contributed by atoms with Crippen molar-refractivity contribution in [3.63, 3.8) is 0 Å². The Morgan fingerprint density at radius 2 is 1.20 bits per heavy atom. The molecule has 0 saturated carbocycles. The first kappa shape index (κ1) is 29.7. The van der Waals surface area contributed by atoms with Crippen molar-refractivity contribution in [3.05, 3.63) is 17.7 Å². The Bertz CT molecular complexity index is 801. The summed E-state index contributed by atoms with van der Waals surface area (Å²) in [5.74, 6) is -0.647. The molecule has 0 aliphatic heterocycles. The molecule has 0 bridgehead atoms. The van der Waals surface area contributed by atoms with E-state index in [2.05, 4.69) is 10.6 Å². The second kappa shape index (κ2) is 13.5. The lowest BCUT2D eigenvalue weighted by Crippen LogP contribution is -2.34. The van der Waals surface area contributed by atoms with Crippen LogP contribution in [0.3, 0.4) is 0 Å². The van der Waals surface area contributed by atoms with Gasteiger partial charge in [0.05, 0.1) is 25.3 Å². The quantitative estimate of drug-likeness (QED) is 0.365. The van der Waals surface area contributed by atoms with Crippen LogP contribution in [0.2, 0.25) is 0 Å². The van der Waals surface area contributed by atoms with Crippen LogP contribution in [0, 0.1) is 0 Å². The fourth-order valence-electron chi connectivity index (χ4n) is 2.52. The van der Waals surface area contributed by atoms with E-state index < -0.39 is 29.4 Å². The largest absolute Gasteiger partial charge is 0.488 e. The van der Waals surface area contributed by atoms with E-state index in [-0.39, 0.29) is 49.1 Å². The van der Waals surface area contributed by atoms with Gasteiger partial charge in [-0.15, -0.1) is 0 Å². The summed E-state index contributed by atoms with van der Waals surface area (Å²) in [7, 11) is 0. The number of carboxylic acids is 1. The third kappa shape index (κ3) is 12.6. The highest BCUT2D eigenvalue weighted by atomic mass is 16.6. The predicted octanol–water partition coefficient (Wildman–Crippen LogP) is 3.98. The van der Waals surface area contributed by atoms with E-state index >= 15 is 0 Å². The monoisotopic (exact) mass is 498 g/mol. The standard InChI is InChI=1S/C24H38N2O9/c1-8-11-33-19-17(31-12-9-25-21(29)34-23(2,3)4)14-16(20(27)28)15-18(19)32-13-10-26-22(30)35-24(5,6)7/h14-15H,8-13H2,1-7H3,(H,25,29)(H,26,30)(H,27,28). The number of carbonyl (C=O) groups is 3. The average Bonchev–Trinajstić information content (AvgIpc) is 2.70. The summed E-state index contributed by atoms with van der Waals surface area (Å²) in [6, 6.07) is 2.65. The number of alkyl carbamates (subject to hydrolysis) is 2. The Labute approximate surface area is 206 Å². The Morgan fingerprint density at radius 3 is 1.54 bits per heavy atom. The molecular formula is C24H38N2O9. The van der Waals surface area contributed by atoms with Crippen LogP contribution in [0.1, 0.15) is 65.2 Å². The number of amides is 2. The molecular weight excluding hydrogens is 460 g/mol. The van der Waals surface area contributed by atoms with Crippen molar-refractivity contribution in [3.8, 4) is 17.2 Å². The molecule has 0 saturated heterocycles. The van der Waals surface area contributed by atoms with Crippen molar-refractivity contribution < 1.29 is 43.2 Å². The van der Waals surface area contributed by atoms with Gasteiger partial charge >= 0.3 is 18.2 Å². The van der Waals surface area contributed by atoms with Crippen LogP contribution in [0.25, 0.3) is 0 Å². The molecule has 11 heteroatoms. The van der Waals surface area contributed by atoms with Gasteiger partial charge in [0.1, 0.15) is 24.4 Å². The third-order valence-corrected chi connectivity index (χ3v) is 3.77. The van der Waals surface area contributed by atoms with Crippen molar-refractivity contribution in [2.75, 3.05) is 32.9 Å². The van der Waals surface area contributed by atoms with Crippen molar-refractivity contribution >= 4 is 18.2 Å². The molecule has 35 heavy (non-hydrogen) atoms. The first-order valence-electron chi connectivity index (χ1n) is 11.4. The average molecular weight is 499 g/mol. The molecule has 0 unspecified atom stereocenters. The van der Waals surface area contributed by atoms with Crippen LogP contribution in [0.4, 0.5) is 9.59 Å². The fourth-order valence-corrected chi connectivity index (χ4v) is 2.52.